The molecule has 1 saturated carbocycles. The van der Waals surface area contributed by atoms with Crippen molar-refractivity contribution in [3.8, 4) is 0 Å². The molecule has 1 heterocycles. The fourth-order valence-corrected chi connectivity index (χ4v) is 3.20. The van der Waals surface area contributed by atoms with Crippen molar-refractivity contribution < 1.29 is 9.84 Å². The van der Waals surface area contributed by atoms with Gasteiger partial charge in [0.1, 0.15) is 0 Å². The first-order chi connectivity index (χ1) is 8.15. The van der Waals surface area contributed by atoms with Crippen molar-refractivity contribution in [2.45, 2.75) is 57.6 Å². The lowest BCUT2D eigenvalue weighted by Crippen LogP contribution is -2.54. The maximum Gasteiger partial charge on any atom is 0.0700 e. The second kappa shape index (κ2) is 5.68. The molecule has 0 aromatic rings. The molecule has 0 radical (unpaired) electrons. The molecule has 1 saturated heterocycles. The van der Waals surface area contributed by atoms with Crippen LogP contribution in [0.25, 0.3) is 0 Å². The smallest absolute Gasteiger partial charge is 0.0700 e. The number of hydrogen-bond donors (Lipinski definition) is 2. The third-order valence-electron chi connectivity index (χ3n) is 4.79. The van der Waals surface area contributed by atoms with E-state index in [-0.39, 0.29) is 12.1 Å². The Morgan fingerprint density at radius 3 is 2.71 bits per heavy atom. The van der Waals surface area contributed by atoms with Gasteiger partial charge in [0.05, 0.1) is 12.7 Å². The Kier molecular flexibility index (Phi) is 4.45. The van der Waals surface area contributed by atoms with Crippen LogP contribution in [-0.4, -0.2) is 36.5 Å². The topological polar surface area (TPSA) is 41.5 Å². The van der Waals surface area contributed by atoms with Crippen LogP contribution >= 0.6 is 0 Å². The highest BCUT2D eigenvalue weighted by atomic mass is 16.5. The van der Waals surface area contributed by atoms with E-state index in [1.807, 2.05) is 0 Å². The van der Waals surface area contributed by atoms with Crippen molar-refractivity contribution in [2.75, 3.05) is 19.8 Å². The molecule has 0 spiro atoms. The normalized spacial score (nSPS) is 42.9. The number of aliphatic hydroxyl groups is 1. The van der Waals surface area contributed by atoms with Crippen molar-refractivity contribution in [3.63, 3.8) is 0 Å². The molecule has 1 aliphatic heterocycles. The fourth-order valence-electron chi connectivity index (χ4n) is 3.20. The summed E-state index contributed by atoms with van der Waals surface area (Å²) in [5, 5.41) is 13.3. The van der Waals surface area contributed by atoms with E-state index in [1.54, 1.807) is 0 Å². The molecule has 4 atom stereocenters. The molecular weight excluding hydrogens is 214 g/mol. The van der Waals surface area contributed by atoms with Crippen LogP contribution < -0.4 is 5.32 Å². The molecule has 2 fully saturated rings. The van der Waals surface area contributed by atoms with Gasteiger partial charge in [-0.25, -0.2) is 0 Å². The van der Waals surface area contributed by atoms with Gasteiger partial charge in [-0.3, -0.25) is 0 Å². The molecule has 17 heavy (non-hydrogen) atoms. The Morgan fingerprint density at radius 1 is 1.29 bits per heavy atom. The first-order valence-corrected chi connectivity index (χ1v) is 7.13. The predicted molar refractivity (Wildman–Crippen MR) is 69.0 cm³/mol. The first-order valence-electron chi connectivity index (χ1n) is 7.13. The number of hydrogen-bond acceptors (Lipinski definition) is 3. The number of aliphatic hydroxyl groups excluding tert-OH is 1. The summed E-state index contributed by atoms with van der Waals surface area (Å²) >= 11 is 0. The summed E-state index contributed by atoms with van der Waals surface area (Å²) in [4.78, 5) is 0. The third-order valence-corrected chi connectivity index (χ3v) is 4.79. The summed E-state index contributed by atoms with van der Waals surface area (Å²) in [5.74, 6) is 1.49. The van der Waals surface area contributed by atoms with Crippen LogP contribution in [0.15, 0.2) is 0 Å². The average molecular weight is 241 g/mol. The highest BCUT2D eigenvalue weighted by Crippen LogP contribution is 2.36. The number of nitrogens with one attached hydrogen (secondary N) is 1. The highest BCUT2D eigenvalue weighted by molar-refractivity contribution is 4.95. The molecule has 0 aromatic heterocycles. The molecule has 3 heteroatoms. The van der Waals surface area contributed by atoms with Gasteiger partial charge in [0.25, 0.3) is 0 Å². The van der Waals surface area contributed by atoms with Gasteiger partial charge >= 0.3 is 0 Å². The monoisotopic (exact) mass is 241 g/mol. The van der Waals surface area contributed by atoms with Gasteiger partial charge in [-0.05, 0) is 43.9 Å². The van der Waals surface area contributed by atoms with Gasteiger partial charge in [-0.1, -0.05) is 13.8 Å². The van der Waals surface area contributed by atoms with E-state index in [9.17, 15) is 5.11 Å². The Hall–Kier alpha value is -0.120. The summed E-state index contributed by atoms with van der Waals surface area (Å²) in [6.45, 7) is 6.71. The predicted octanol–water partition coefficient (Wildman–Crippen LogP) is 1.94. The van der Waals surface area contributed by atoms with Gasteiger partial charge in [0.15, 0.2) is 0 Å². The van der Waals surface area contributed by atoms with Crippen molar-refractivity contribution in [1.82, 2.24) is 5.32 Å². The Bertz CT molecular complexity index is 240. The van der Waals surface area contributed by atoms with E-state index >= 15 is 0 Å². The van der Waals surface area contributed by atoms with E-state index < -0.39 is 0 Å². The summed E-state index contributed by atoms with van der Waals surface area (Å²) in [7, 11) is 0. The van der Waals surface area contributed by atoms with Crippen LogP contribution in [0.5, 0.6) is 0 Å². The molecule has 2 rings (SSSR count). The van der Waals surface area contributed by atoms with E-state index in [0.29, 0.717) is 12.0 Å². The van der Waals surface area contributed by atoms with Gasteiger partial charge < -0.3 is 15.2 Å². The lowest BCUT2D eigenvalue weighted by atomic mass is 9.71. The van der Waals surface area contributed by atoms with E-state index in [0.717, 1.165) is 31.9 Å². The van der Waals surface area contributed by atoms with Crippen LogP contribution in [0, 0.1) is 11.8 Å². The minimum Gasteiger partial charge on any atom is -0.394 e. The Morgan fingerprint density at radius 2 is 2.12 bits per heavy atom. The van der Waals surface area contributed by atoms with E-state index in [1.165, 1.54) is 19.3 Å². The van der Waals surface area contributed by atoms with Gasteiger partial charge in [0.2, 0.25) is 0 Å². The quantitative estimate of drug-likeness (QED) is 0.790. The zero-order valence-electron chi connectivity index (χ0n) is 11.2. The molecule has 1 aliphatic carbocycles. The number of rotatable bonds is 4. The van der Waals surface area contributed by atoms with Crippen LogP contribution in [0.3, 0.4) is 0 Å². The molecule has 2 N–H and O–H groups in total. The van der Waals surface area contributed by atoms with Gasteiger partial charge in [0, 0.05) is 18.7 Å². The first kappa shape index (κ1) is 13.3. The zero-order valence-corrected chi connectivity index (χ0v) is 11.2. The molecule has 100 valence electrons. The van der Waals surface area contributed by atoms with Crippen LogP contribution in [0.2, 0.25) is 0 Å². The van der Waals surface area contributed by atoms with Crippen LogP contribution in [0.1, 0.15) is 46.0 Å². The van der Waals surface area contributed by atoms with Crippen molar-refractivity contribution in [3.05, 3.63) is 0 Å². The van der Waals surface area contributed by atoms with Crippen LogP contribution in [0.4, 0.5) is 0 Å². The lowest BCUT2D eigenvalue weighted by molar-refractivity contribution is 0.0519. The lowest BCUT2D eigenvalue weighted by Gasteiger charge is -2.43. The minimum absolute atomic E-state index is 0.0438. The highest BCUT2D eigenvalue weighted by Gasteiger charge is 2.37. The van der Waals surface area contributed by atoms with Crippen LogP contribution in [-0.2, 0) is 4.74 Å². The van der Waals surface area contributed by atoms with Gasteiger partial charge in [-0.2, -0.15) is 0 Å². The largest absolute Gasteiger partial charge is 0.394 e. The second-order valence-electron chi connectivity index (χ2n) is 6.15. The summed E-state index contributed by atoms with van der Waals surface area (Å²) in [6, 6.07) is 0. The maximum atomic E-state index is 9.72. The average Bonchev–Trinajstić information content (AvgIpc) is 2.84. The van der Waals surface area contributed by atoms with Crippen molar-refractivity contribution in [2.24, 2.45) is 11.8 Å². The molecule has 0 aromatic carbocycles. The SMILES string of the molecule is CC1CCC(CO)(NCC2CCCO2)CC1C. The third kappa shape index (κ3) is 3.21. The summed E-state index contributed by atoms with van der Waals surface area (Å²) < 4.78 is 5.64. The van der Waals surface area contributed by atoms with E-state index in [4.69, 9.17) is 4.74 Å². The molecular formula is C14H27NO2. The maximum absolute atomic E-state index is 9.72. The summed E-state index contributed by atoms with van der Waals surface area (Å²) in [6.07, 6.45) is 6.14. The summed E-state index contributed by atoms with van der Waals surface area (Å²) in [5.41, 5.74) is -0.0438. The Balaban J connectivity index is 1.85. The molecule has 3 nitrogen and oxygen atoms in total. The molecule has 0 bridgehead atoms. The second-order valence-corrected chi connectivity index (χ2v) is 6.15. The number of ether oxygens (including phenoxy) is 1. The minimum atomic E-state index is -0.0438. The van der Waals surface area contributed by atoms with Crippen molar-refractivity contribution in [1.29, 1.82) is 0 Å². The Labute approximate surface area is 105 Å². The van der Waals surface area contributed by atoms with Crippen molar-refractivity contribution >= 4 is 0 Å². The standard InChI is InChI=1S/C14H27NO2/c1-11-5-6-14(10-16,8-12(11)2)15-9-13-4-3-7-17-13/h11-13,15-16H,3-10H2,1-2H3. The fraction of sp³-hybridized carbons (Fsp3) is 1.00. The van der Waals surface area contributed by atoms with Gasteiger partial charge in [-0.15, -0.1) is 0 Å². The molecule has 0 amide bonds. The zero-order chi connectivity index (χ0) is 12.3. The molecule has 2 aliphatic rings. The molecule has 4 unspecified atom stereocenters. The van der Waals surface area contributed by atoms with E-state index in [2.05, 4.69) is 19.2 Å².